The summed E-state index contributed by atoms with van der Waals surface area (Å²) in [4.78, 5) is 16.5. The molecule has 0 fully saturated rings. The van der Waals surface area contributed by atoms with E-state index >= 15 is 0 Å². The van der Waals surface area contributed by atoms with E-state index in [0.29, 0.717) is 30.9 Å². The lowest BCUT2D eigenvalue weighted by Gasteiger charge is -2.17. The zero-order chi connectivity index (χ0) is 18.5. The number of benzene rings is 1. The van der Waals surface area contributed by atoms with E-state index in [2.05, 4.69) is 15.0 Å². The van der Waals surface area contributed by atoms with Gasteiger partial charge in [0, 0.05) is 25.1 Å². The number of rotatable bonds is 4. The molecule has 1 aromatic carbocycles. The molecule has 1 heterocycles. The van der Waals surface area contributed by atoms with Gasteiger partial charge in [-0.1, -0.05) is 33.3 Å². The van der Waals surface area contributed by atoms with E-state index in [1.165, 1.54) is 12.1 Å². The van der Waals surface area contributed by atoms with Gasteiger partial charge in [-0.25, -0.2) is 8.42 Å². The summed E-state index contributed by atoms with van der Waals surface area (Å²) in [6, 6.07) is 6.29. The van der Waals surface area contributed by atoms with E-state index in [0.717, 1.165) is 19.3 Å². The predicted octanol–water partition coefficient (Wildman–Crippen LogP) is 3.31. The lowest BCUT2D eigenvalue weighted by molar-refractivity contribution is -0.117. The molecular weight excluding hydrogens is 338 g/mol. The molecule has 25 heavy (non-hydrogen) atoms. The Morgan fingerprint density at radius 3 is 2.68 bits per heavy atom. The molecule has 6 nitrogen and oxygen atoms in total. The molecule has 138 valence electrons. The molecule has 0 bridgehead atoms. The number of aliphatic imine (C=N–C) groups is 1. The van der Waals surface area contributed by atoms with E-state index in [4.69, 9.17) is 0 Å². The van der Waals surface area contributed by atoms with Crippen molar-refractivity contribution in [1.29, 1.82) is 0 Å². The average molecular weight is 365 g/mol. The number of hydrogen-bond donors (Lipinski definition) is 2. The van der Waals surface area contributed by atoms with Crippen LogP contribution in [-0.2, 0) is 14.8 Å². The first-order valence-electron chi connectivity index (χ1n) is 8.62. The van der Waals surface area contributed by atoms with Crippen molar-refractivity contribution in [2.45, 2.75) is 57.8 Å². The maximum atomic E-state index is 12.6. The van der Waals surface area contributed by atoms with Crippen LogP contribution < -0.4 is 10.0 Å². The number of amidine groups is 1. The highest BCUT2D eigenvalue weighted by Gasteiger charge is 2.19. The maximum absolute atomic E-state index is 12.6. The number of nitrogens with one attached hydrogen (secondary N) is 2. The molecule has 1 aromatic rings. The maximum Gasteiger partial charge on any atom is 0.262 e. The minimum Gasteiger partial charge on any atom is -0.326 e. The second kappa shape index (κ2) is 7.99. The highest BCUT2D eigenvalue weighted by atomic mass is 32.2. The van der Waals surface area contributed by atoms with Gasteiger partial charge in [-0.3, -0.25) is 14.5 Å². The normalized spacial score (nSPS) is 15.9. The molecule has 0 spiro atoms. The van der Waals surface area contributed by atoms with E-state index in [1.807, 2.05) is 20.8 Å². The number of carbonyl (C=O) groups excluding carboxylic acids is 1. The summed E-state index contributed by atoms with van der Waals surface area (Å²) in [5, 5.41) is 2.76. The van der Waals surface area contributed by atoms with Gasteiger partial charge < -0.3 is 5.32 Å². The van der Waals surface area contributed by atoms with Gasteiger partial charge in [0.2, 0.25) is 5.91 Å². The van der Waals surface area contributed by atoms with Crippen molar-refractivity contribution in [3.05, 3.63) is 24.3 Å². The number of amides is 1. The molecule has 7 heteroatoms. The Kier molecular flexibility index (Phi) is 6.21. The SMILES string of the molecule is CC(C)(C)CC(=O)Nc1cccc(S(=O)(=O)NC2=NCCCCC2)c1. The summed E-state index contributed by atoms with van der Waals surface area (Å²) in [6.07, 6.45) is 3.98. The third-order valence-corrected chi connectivity index (χ3v) is 5.12. The minimum atomic E-state index is -3.70. The van der Waals surface area contributed by atoms with Crippen LogP contribution >= 0.6 is 0 Å². The van der Waals surface area contributed by atoms with Gasteiger partial charge in [0.15, 0.2) is 0 Å². The van der Waals surface area contributed by atoms with Crippen LogP contribution in [0.2, 0.25) is 0 Å². The van der Waals surface area contributed by atoms with Gasteiger partial charge in [-0.05, 0) is 36.5 Å². The Morgan fingerprint density at radius 1 is 1.20 bits per heavy atom. The first-order chi connectivity index (χ1) is 11.7. The second-order valence-electron chi connectivity index (χ2n) is 7.56. The standard InChI is InChI=1S/C18H27N3O3S/c1-18(2,3)13-17(22)20-14-8-7-9-15(12-14)25(23,24)21-16-10-5-4-6-11-19-16/h7-9,12H,4-6,10-11,13H2,1-3H3,(H,19,21)(H,20,22). The third-order valence-electron chi connectivity index (χ3n) is 3.75. The highest BCUT2D eigenvalue weighted by Crippen LogP contribution is 2.21. The van der Waals surface area contributed by atoms with Gasteiger partial charge in [-0.2, -0.15) is 0 Å². The Bertz CT molecular complexity index is 749. The molecule has 0 unspecified atom stereocenters. The summed E-state index contributed by atoms with van der Waals surface area (Å²) >= 11 is 0. The zero-order valence-electron chi connectivity index (χ0n) is 15.1. The minimum absolute atomic E-state index is 0.119. The van der Waals surface area contributed by atoms with Crippen molar-refractivity contribution in [2.75, 3.05) is 11.9 Å². The third kappa shape index (κ3) is 6.49. The topological polar surface area (TPSA) is 87.6 Å². The first-order valence-corrected chi connectivity index (χ1v) is 10.1. The average Bonchev–Trinajstić information content (AvgIpc) is 2.73. The summed E-state index contributed by atoms with van der Waals surface area (Å²) in [6.45, 7) is 6.58. The van der Waals surface area contributed by atoms with Crippen molar-refractivity contribution < 1.29 is 13.2 Å². The molecule has 2 N–H and O–H groups in total. The number of nitrogens with zero attached hydrogens (tertiary/aromatic N) is 1. The summed E-state index contributed by atoms with van der Waals surface area (Å²) in [7, 11) is -3.70. The van der Waals surface area contributed by atoms with E-state index in [-0.39, 0.29) is 16.2 Å². The van der Waals surface area contributed by atoms with Crippen LogP contribution in [0, 0.1) is 5.41 Å². The summed E-state index contributed by atoms with van der Waals surface area (Å²) < 4.78 is 27.7. The van der Waals surface area contributed by atoms with Gasteiger partial charge in [0.05, 0.1) is 4.90 Å². The second-order valence-corrected chi connectivity index (χ2v) is 9.24. The van der Waals surface area contributed by atoms with E-state index in [9.17, 15) is 13.2 Å². The Balaban J connectivity index is 2.11. The van der Waals surface area contributed by atoms with Crippen LogP contribution in [0.25, 0.3) is 0 Å². The fourth-order valence-electron chi connectivity index (χ4n) is 2.60. The fourth-order valence-corrected chi connectivity index (χ4v) is 3.73. The lowest BCUT2D eigenvalue weighted by Crippen LogP contribution is -2.30. The number of sulfonamides is 1. The lowest BCUT2D eigenvalue weighted by atomic mass is 9.92. The molecule has 0 atom stereocenters. The van der Waals surface area contributed by atoms with Crippen molar-refractivity contribution in [2.24, 2.45) is 10.4 Å². The molecule has 0 aromatic heterocycles. The van der Waals surface area contributed by atoms with Crippen LogP contribution in [-0.4, -0.2) is 26.7 Å². The largest absolute Gasteiger partial charge is 0.326 e. The molecule has 0 radical (unpaired) electrons. The smallest absolute Gasteiger partial charge is 0.262 e. The monoisotopic (exact) mass is 365 g/mol. The van der Waals surface area contributed by atoms with Crippen molar-refractivity contribution in [3.8, 4) is 0 Å². The van der Waals surface area contributed by atoms with Crippen molar-refractivity contribution in [3.63, 3.8) is 0 Å². The fraction of sp³-hybridized carbons (Fsp3) is 0.556. The van der Waals surface area contributed by atoms with Gasteiger partial charge in [-0.15, -0.1) is 0 Å². The van der Waals surface area contributed by atoms with E-state index in [1.54, 1.807) is 12.1 Å². The molecular formula is C18H27N3O3S. The number of carbonyl (C=O) groups is 1. The van der Waals surface area contributed by atoms with E-state index < -0.39 is 10.0 Å². The zero-order valence-corrected chi connectivity index (χ0v) is 15.9. The molecule has 0 saturated carbocycles. The van der Waals surface area contributed by atoms with Crippen LogP contribution in [0.1, 0.15) is 52.9 Å². The molecule has 1 aliphatic rings. The van der Waals surface area contributed by atoms with Crippen LogP contribution in [0.3, 0.4) is 0 Å². The number of anilines is 1. The van der Waals surface area contributed by atoms with Crippen molar-refractivity contribution in [1.82, 2.24) is 4.72 Å². The van der Waals surface area contributed by atoms with Crippen LogP contribution in [0.4, 0.5) is 5.69 Å². The summed E-state index contributed by atoms with van der Waals surface area (Å²) in [5.74, 6) is 0.378. The molecule has 1 amide bonds. The summed E-state index contributed by atoms with van der Waals surface area (Å²) in [5.41, 5.74) is 0.340. The van der Waals surface area contributed by atoms with Crippen LogP contribution in [0.5, 0.6) is 0 Å². The Morgan fingerprint density at radius 2 is 1.96 bits per heavy atom. The molecule has 2 rings (SSSR count). The van der Waals surface area contributed by atoms with Gasteiger partial charge >= 0.3 is 0 Å². The molecule has 0 saturated heterocycles. The first kappa shape index (κ1) is 19.4. The molecule has 0 aliphatic carbocycles. The van der Waals surface area contributed by atoms with Crippen LogP contribution in [0.15, 0.2) is 34.2 Å². The van der Waals surface area contributed by atoms with Gasteiger partial charge in [0.1, 0.15) is 5.84 Å². The predicted molar refractivity (Wildman–Crippen MR) is 100 cm³/mol. The number of hydrogen-bond acceptors (Lipinski definition) is 4. The Labute approximate surface area is 150 Å². The quantitative estimate of drug-likeness (QED) is 0.858. The highest BCUT2D eigenvalue weighted by molar-refractivity contribution is 7.90. The molecule has 1 aliphatic heterocycles. The van der Waals surface area contributed by atoms with Gasteiger partial charge in [0.25, 0.3) is 10.0 Å². The Hall–Kier alpha value is -1.89. The van der Waals surface area contributed by atoms with Crippen molar-refractivity contribution >= 4 is 27.5 Å².